The van der Waals surface area contributed by atoms with Crippen LogP contribution in [0.2, 0.25) is 0 Å². The van der Waals surface area contributed by atoms with Crippen LogP contribution in [-0.4, -0.2) is 16.2 Å². The first-order valence-electron chi connectivity index (χ1n) is 4.03. The molecule has 1 atom stereocenters. The van der Waals surface area contributed by atoms with Gasteiger partial charge in [-0.1, -0.05) is 0 Å². The predicted octanol–water partition coefficient (Wildman–Crippen LogP) is 1.86. The van der Waals surface area contributed by atoms with E-state index in [0.717, 1.165) is 12.1 Å². The minimum Gasteiger partial charge on any atom is -0.508 e. The molecule has 3 N–H and O–H groups in total. The number of rotatable bonds is 2. The second kappa shape index (κ2) is 3.97. The summed E-state index contributed by atoms with van der Waals surface area (Å²) in [5, 5.41) is 19.5. The molecule has 1 rings (SSSR count). The van der Waals surface area contributed by atoms with Gasteiger partial charge in [0.1, 0.15) is 11.8 Å². The van der Waals surface area contributed by atoms with E-state index in [1.165, 1.54) is 0 Å². The molecule has 0 bridgehead atoms. The lowest BCUT2D eigenvalue weighted by molar-refractivity contribution is -0.386. The highest BCUT2D eigenvalue weighted by molar-refractivity contribution is 5.47. The molecule has 1 aromatic rings. The molecule has 1 aromatic carbocycles. The second-order valence-corrected chi connectivity index (χ2v) is 3.02. The lowest BCUT2D eigenvalue weighted by Gasteiger charge is -2.15. The van der Waals surface area contributed by atoms with Gasteiger partial charge in [0.25, 0.3) is 5.69 Å². The zero-order valence-electron chi connectivity index (χ0n) is 7.73. The predicted molar refractivity (Wildman–Crippen MR) is 47.7 cm³/mol. The van der Waals surface area contributed by atoms with Crippen molar-refractivity contribution in [1.29, 1.82) is 0 Å². The number of alkyl halides is 3. The molecule has 0 saturated heterocycles. The number of phenolic OH excluding ortho intramolecular Hbond substituents is 1. The van der Waals surface area contributed by atoms with Gasteiger partial charge in [-0.25, -0.2) is 0 Å². The van der Waals surface area contributed by atoms with Crippen molar-refractivity contribution in [2.75, 3.05) is 0 Å². The first-order valence-corrected chi connectivity index (χ1v) is 4.03. The number of nitro groups is 1. The van der Waals surface area contributed by atoms with Crippen molar-refractivity contribution in [3.05, 3.63) is 33.9 Å². The van der Waals surface area contributed by atoms with Crippen LogP contribution < -0.4 is 5.73 Å². The molecule has 0 unspecified atom stereocenters. The maximum absolute atomic E-state index is 12.3. The first-order chi connectivity index (χ1) is 7.23. The average Bonchev–Trinajstić information content (AvgIpc) is 2.14. The topological polar surface area (TPSA) is 89.4 Å². The summed E-state index contributed by atoms with van der Waals surface area (Å²) in [5.41, 5.74) is 3.30. The number of halogens is 3. The Labute approximate surface area is 87.4 Å². The van der Waals surface area contributed by atoms with Gasteiger partial charge < -0.3 is 10.8 Å². The van der Waals surface area contributed by atoms with Gasteiger partial charge in [-0.3, -0.25) is 10.1 Å². The average molecular weight is 236 g/mol. The Morgan fingerprint density at radius 1 is 1.44 bits per heavy atom. The molecule has 0 spiro atoms. The highest BCUT2D eigenvalue weighted by Gasteiger charge is 2.41. The zero-order valence-corrected chi connectivity index (χ0v) is 7.73. The lowest BCUT2D eigenvalue weighted by atomic mass is 10.0. The molecule has 88 valence electrons. The van der Waals surface area contributed by atoms with E-state index >= 15 is 0 Å². The van der Waals surface area contributed by atoms with E-state index in [-0.39, 0.29) is 0 Å². The molecule has 0 aromatic heterocycles. The number of aromatic hydroxyl groups is 1. The van der Waals surface area contributed by atoms with Gasteiger partial charge in [-0.05, 0) is 12.1 Å². The van der Waals surface area contributed by atoms with Crippen molar-refractivity contribution >= 4 is 5.69 Å². The van der Waals surface area contributed by atoms with Gasteiger partial charge in [0, 0.05) is 6.07 Å². The molecule has 0 fully saturated rings. The smallest absolute Gasteiger partial charge is 0.407 e. The number of nitrogens with zero attached hydrogens (tertiary/aromatic N) is 1. The fraction of sp³-hybridized carbons (Fsp3) is 0.250. The summed E-state index contributed by atoms with van der Waals surface area (Å²) < 4.78 is 36.8. The summed E-state index contributed by atoms with van der Waals surface area (Å²) in [6.07, 6.45) is -4.81. The Morgan fingerprint density at radius 2 is 2.00 bits per heavy atom. The third kappa shape index (κ3) is 2.40. The molecule has 16 heavy (non-hydrogen) atoms. The van der Waals surface area contributed by atoms with Gasteiger partial charge in [-0.2, -0.15) is 13.2 Å². The summed E-state index contributed by atoms with van der Waals surface area (Å²) >= 11 is 0. The Bertz CT molecular complexity index is 419. The molecule has 0 amide bonds. The van der Waals surface area contributed by atoms with Crippen LogP contribution in [0.1, 0.15) is 11.6 Å². The Morgan fingerprint density at radius 3 is 2.44 bits per heavy atom. The molecule has 0 aliphatic rings. The third-order valence-electron chi connectivity index (χ3n) is 1.90. The summed E-state index contributed by atoms with van der Waals surface area (Å²) in [4.78, 5) is 9.48. The van der Waals surface area contributed by atoms with Crippen LogP contribution in [0.3, 0.4) is 0 Å². The van der Waals surface area contributed by atoms with E-state index in [9.17, 15) is 23.3 Å². The van der Waals surface area contributed by atoms with E-state index < -0.39 is 34.1 Å². The zero-order chi connectivity index (χ0) is 12.5. The molecule has 0 aliphatic heterocycles. The van der Waals surface area contributed by atoms with Gasteiger partial charge in [0.2, 0.25) is 0 Å². The third-order valence-corrected chi connectivity index (χ3v) is 1.90. The van der Waals surface area contributed by atoms with Crippen LogP contribution in [-0.2, 0) is 0 Å². The fourth-order valence-electron chi connectivity index (χ4n) is 1.13. The quantitative estimate of drug-likeness (QED) is 0.605. The van der Waals surface area contributed by atoms with Crippen molar-refractivity contribution in [3.8, 4) is 5.75 Å². The van der Waals surface area contributed by atoms with E-state index in [1.54, 1.807) is 0 Å². The van der Waals surface area contributed by atoms with Crippen LogP contribution in [0.15, 0.2) is 18.2 Å². The highest BCUT2D eigenvalue weighted by atomic mass is 19.4. The molecule has 0 saturated carbocycles. The minimum atomic E-state index is -4.81. The maximum Gasteiger partial charge on any atom is 0.407 e. The minimum absolute atomic E-state index is 0.514. The van der Waals surface area contributed by atoms with Gasteiger partial charge in [-0.15, -0.1) is 0 Å². The Hall–Kier alpha value is -1.83. The van der Waals surface area contributed by atoms with E-state index in [0.29, 0.717) is 6.07 Å². The van der Waals surface area contributed by atoms with E-state index in [4.69, 9.17) is 10.8 Å². The molecule has 8 heteroatoms. The highest BCUT2D eigenvalue weighted by Crippen LogP contribution is 2.36. The van der Waals surface area contributed by atoms with Crippen molar-refractivity contribution in [2.45, 2.75) is 12.2 Å². The molecule has 0 aliphatic carbocycles. The molecular weight excluding hydrogens is 229 g/mol. The number of benzene rings is 1. The molecular formula is C8H7F3N2O3. The summed E-state index contributed by atoms with van der Waals surface area (Å²) in [7, 11) is 0. The van der Waals surface area contributed by atoms with Crippen molar-refractivity contribution in [2.24, 2.45) is 5.73 Å². The van der Waals surface area contributed by atoms with Gasteiger partial charge in [0.05, 0.1) is 10.5 Å². The number of hydrogen-bond acceptors (Lipinski definition) is 4. The number of hydrogen-bond donors (Lipinski definition) is 2. The summed E-state index contributed by atoms with van der Waals surface area (Å²) in [6.45, 7) is 0. The maximum atomic E-state index is 12.3. The lowest BCUT2D eigenvalue weighted by Crippen LogP contribution is -2.29. The van der Waals surface area contributed by atoms with Crippen LogP contribution in [0.5, 0.6) is 5.75 Å². The van der Waals surface area contributed by atoms with Crippen molar-refractivity contribution in [3.63, 3.8) is 0 Å². The Kier molecular flexibility index (Phi) is 3.04. The largest absolute Gasteiger partial charge is 0.508 e. The van der Waals surface area contributed by atoms with Gasteiger partial charge >= 0.3 is 6.18 Å². The summed E-state index contributed by atoms with van der Waals surface area (Å²) in [6, 6.07) is -0.169. The van der Waals surface area contributed by atoms with Crippen molar-refractivity contribution < 1.29 is 23.2 Å². The fourth-order valence-corrected chi connectivity index (χ4v) is 1.13. The molecule has 0 radical (unpaired) electrons. The second-order valence-electron chi connectivity index (χ2n) is 3.02. The molecule has 0 heterocycles. The van der Waals surface area contributed by atoms with Crippen LogP contribution in [0.25, 0.3) is 0 Å². The first kappa shape index (κ1) is 12.2. The van der Waals surface area contributed by atoms with Crippen molar-refractivity contribution in [1.82, 2.24) is 0 Å². The number of nitrogens with two attached hydrogens (primary N) is 1. The normalized spacial score (nSPS) is 13.5. The standard InChI is InChI=1S/C8H7F3N2O3/c9-8(10,11)7(12)5-3-4(14)1-2-6(5)13(15)16/h1-3,7,14H,12H2/t7-/m0/s1. The van der Waals surface area contributed by atoms with Crippen LogP contribution >= 0.6 is 0 Å². The Balaban J connectivity index is 3.30. The van der Waals surface area contributed by atoms with Crippen LogP contribution in [0, 0.1) is 10.1 Å². The SMILES string of the molecule is N[C@@H](c1cc(O)ccc1[N+](=O)[O-])C(F)(F)F. The monoisotopic (exact) mass is 236 g/mol. The van der Waals surface area contributed by atoms with E-state index in [1.807, 2.05) is 0 Å². The molecule has 5 nitrogen and oxygen atoms in total. The number of nitro benzene ring substituents is 1. The number of phenols is 1. The van der Waals surface area contributed by atoms with E-state index in [2.05, 4.69) is 0 Å². The van der Waals surface area contributed by atoms with Crippen LogP contribution in [0.4, 0.5) is 18.9 Å². The van der Waals surface area contributed by atoms with Gasteiger partial charge in [0.15, 0.2) is 0 Å². The summed E-state index contributed by atoms with van der Waals surface area (Å²) in [5.74, 6) is -0.514.